The van der Waals surface area contributed by atoms with E-state index in [1.165, 1.54) is 0 Å². The predicted octanol–water partition coefficient (Wildman–Crippen LogP) is 3.98. The fourth-order valence-electron chi connectivity index (χ4n) is 3.20. The molecule has 1 saturated heterocycles. The summed E-state index contributed by atoms with van der Waals surface area (Å²) in [5.41, 5.74) is -1.73. The van der Waals surface area contributed by atoms with Crippen molar-refractivity contribution in [1.29, 1.82) is 0 Å². The standard InChI is InChI=1S/C19H36FNO3/c1-6-9-19(20,15-21-11-13-23-14-12-21)10-8-16(7-2)17(22)24-18(3,4)5/h16H,6-15H2,1-5H3. The van der Waals surface area contributed by atoms with E-state index in [1.807, 2.05) is 34.6 Å². The van der Waals surface area contributed by atoms with Crippen molar-refractivity contribution in [3.05, 3.63) is 0 Å². The third-order valence-corrected chi connectivity index (χ3v) is 4.48. The first-order chi connectivity index (χ1) is 11.2. The molecule has 0 N–H and O–H groups in total. The number of halogens is 1. The van der Waals surface area contributed by atoms with Gasteiger partial charge in [0, 0.05) is 19.6 Å². The zero-order valence-electron chi connectivity index (χ0n) is 16.2. The van der Waals surface area contributed by atoms with E-state index in [2.05, 4.69) is 4.90 Å². The average molecular weight is 345 g/mol. The van der Waals surface area contributed by atoms with Gasteiger partial charge in [-0.1, -0.05) is 20.3 Å². The van der Waals surface area contributed by atoms with Gasteiger partial charge in [0.1, 0.15) is 11.3 Å². The molecule has 1 rings (SSSR count). The quantitative estimate of drug-likeness (QED) is 0.593. The smallest absolute Gasteiger partial charge is 0.309 e. The van der Waals surface area contributed by atoms with Gasteiger partial charge < -0.3 is 9.47 Å². The maximum Gasteiger partial charge on any atom is 0.309 e. The van der Waals surface area contributed by atoms with E-state index in [9.17, 15) is 4.79 Å². The average Bonchev–Trinajstić information content (AvgIpc) is 2.47. The molecular weight excluding hydrogens is 309 g/mol. The molecule has 2 atom stereocenters. The Morgan fingerprint density at radius 1 is 1.21 bits per heavy atom. The Balaban J connectivity index is 2.60. The van der Waals surface area contributed by atoms with Crippen molar-refractivity contribution in [2.75, 3.05) is 32.8 Å². The number of esters is 1. The third-order valence-electron chi connectivity index (χ3n) is 4.48. The van der Waals surface area contributed by atoms with Crippen molar-refractivity contribution < 1.29 is 18.7 Å². The van der Waals surface area contributed by atoms with Gasteiger partial charge in [-0.15, -0.1) is 0 Å². The summed E-state index contributed by atoms with van der Waals surface area (Å²) < 4.78 is 26.3. The minimum Gasteiger partial charge on any atom is -0.460 e. The number of morpholine rings is 1. The second-order valence-corrected chi connectivity index (χ2v) is 7.97. The molecule has 142 valence electrons. The van der Waals surface area contributed by atoms with Gasteiger partial charge >= 0.3 is 5.97 Å². The van der Waals surface area contributed by atoms with Crippen molar-refractivity contribution in [3.8, 4) is 0 Å². The Labute approximate surface area is 147 Å². The van der Waals surface area contributed by atoms with E-state index in [1.54, 1.807) is 0 Å². The van der Waals surface area contributed by atoms with Gasteiger partial charge in [-0.05, 0) is 46.5 Å². The Morgan fingerprint density at radius 3 is 2.33 bits per heavy atom. The van der Waals surface area contributed by atoms with E-state index >= 15 is 4.39 Å². The van der Waals surface area contributed by atoms with Crippen molar-refractivity contribution in [1.82, 2.24) is 4.90 Å². The van der Waals surface area contributed by atoms with Crippen LogP contribution in [0, 0.1) is 5.92 Å². The maximum absolute atomic E-state index is 15.4. The lowest BCUT2D eigenvalue weighted by Crippen LogP contribution is -2.45. The molecule has 0 aromatic rings. The number of carbonyl (C=O) groups is 1. The fraction of sp³-hybridized carbons (Fsp3) is 0.947. The van der Waals surface area contributed by atoms with E-state index in [4.69, 9.17) is 9.47 Å². The molecule has 0 aromatic heterocycles. The van der Waals surface area contributed by atoms with E-state index in [0.717, 1.165) is 19.5 Å². The molecule has 4 nitrogen and oxygen atoms in total. The first-order valence-electron chi connectivity index (χ1n) is 9.41. The SMILES string of the molecule is CCCC(F)(CCC(CC)C(=O)OC(C)(C)C)CN1CCOCC1. The molecule has 1 fully saturated rings. The molecule has 1 aliphatic rings. The summed E-state index contributed by atoms with van der Waals surface area (Å²) >= 11 is 0. The van der Waals surface area contributed by atoms with Gasteiger partial charge in [-0.25, -0.2) is 4.39 Å². The largest absolute Gasteiger partial charge is 0.460 e. The Morgan fingerprint density at radius 2 is 1.83 bits per heavy atom. The van der Waals surface area contributed by atoms with Gasteiger partial charge in [0.05, 0.1) is 19.1 Å². The summed E-state index contributed by atoms with van der Waals surface area (Å²) in [4.78, 5) is 14.4. The molecule has 0 aromatic carbocycles. The summed E-state index contributed by atoms with van der Waals surface area (Å²) in [5, 5.41) is 0. The Bertz CT molecular complexity index is 377. The Kier molecular flexibility index (Phi) is 8.65. The van der Waals surface area contributed by atoms with Crippen LogP contribution in [0.2, 0.25) is 0 Å². The number of hydrogen-bond donors (Lipinski definition) is 0. The molecule has 0 saturated carbocycles. The minimum atomic E-state index is -1.23. The summed E-state index contributed by atoms with van der Waals surface area (Å²) in [6.45, 7) is 13.0. The molecule has 0 radical (unpaired) electrons. The molecule has 0 aliphatic carbocycles. The lowest BCUT2D eigenvalue weighted by Gasteiger charge is -2.35. The van der Waals surface area contributed by atoms with E-state index in [-0.39, 0.29) is 11.9 Å². The zero-order chi connectivity index (χ0) is 18.2. The second-order valence-electron chi connectivity index (χ2n) is 7.97. The highest BCUT2D eigenvalue weighted by atomic mass is 19.1. The molecule has 0 spiro atoms. The number of hydrogen-bond acceptors (Lipinski definition) is 4. The zero-order valence-corrected chi connectivity index (χ0v) is 16.2. The topological polar surface area (TPSA) is 38.8 Å². The highest BCUT2D eigenvalue weighted by molar-refractivity contribution is 5.72. The molecule has 1 heterocycles. The third kappa shape index (κ3) is 7.93. The Hall–Kier alpha value is -0.680. The lowest BCUT2D eigenvalue weighted by molar-refractivity contribution is -0.160. The van der Waals surface area contributed by atoms with Crippen LogP contribution in [0.4, 0.5) is 4.39 Å². The molecule has 0 amide bonds. The lowest BCUT2D eigenvalue weighted by atomic mass is 9.88. The number of ether oxygens (including phenoxy) is 2. The minimum absolute atomic E-state index is 0.199. The van der Waals surface area contributed by atoms with Crippen LogP contribution in [0.1, 0.15) is 66.7 Å². The van der Waals surface area contributed by atoms with Crippen molar-refractivity contribution in [3.63, 3.8) is 0 Å². The molecule has 5 heteroatoms. The van der Waals surface area contributed by atoms with Gasteiger partial charge in [0.15, 0.2) is 0 Å². The molecule has 0 bridgehead atoms. The number of nitrogens with zero attached hydrogens (tertiary/aromatic N) is 1. The summed E-state index contributed by atoms with van der Waals surface area (Å²) in [5.74, 6) is -0.420. The van der Waals surface area contributed by atoms with Gasteiger partial charge in [0.25, 0.3) is 0 Å². The molecule has 1 aliphatic heterocycles. The number of alkyl halides is 1. The predicted molar refractivity (Wildman–Crippen MR) is 94.9 cm³/mol. The van der Waals surface area contributed by atoms with E-state index < -0.39 is 11.3 Å². The van der Waals surface area contributed by atoms with Crippen LogP contribution >= 0.6 is 0 Å². The highest BCUT2D eigenvalue weighted by Crippen LogP contribution is 2.30. The van der Waals surface area contributed by atoms with E-state index in [0.29, 0.717) is 45.4 Å². The van der Waals surface area contributed by atoms with Gasteiger partial charge in [-0.3, -0.25) is 9.69 Å². The van der Waals surface area contributed by atoms with Crippen molar-refractivity contribution >= 4 is 5.97 Å². The van der Waals surface area contributed by atoms with Gasteiger partial charge in [0.2, 0.25) is 0 Å². The first kappa shape index (κ1) is 21.4. The second kappa shape index (κ2) is 9.71. The monoisotopic (exact) mass is 345 g/mol. The normalized spacial score (nSPS) is 20.4. The van der Waals surface area contributed by atoms with Gasteiger partial charge in [-0.2, -0.15) is 0 Å². The molecule has 2 unspecified atom stereocenters. The van der Waals surface area contributed by atoms with Crippen LogP contribution in [0.25, 0.3) is 0 Å². The van der Waals surface area contributed by atoms with Crippen molar-refractivity contribution in [2.45, 2.75) is 78.0 Å². The van der Waals surface area contributed by atoms with Crippen LogP contribution in [-0.4, -0.2) is 55.0 Å². The first-order valence-corrected chi connectivity index (χ1v) is 9.41. The van der Waals surface area contributed by atoms with Crippen LogP contribution < -0.4 is 0 Å². The number of carbonyl (C=O) groups excluding carboxylic acids is 1. The number of rotatable bonds is 9. The molecule has 24 heavy (non-hydrogen) atoms. The fourth-order valence-corrected chi connectivity index (χ4v) is 3.20. The summed E-state index contributed by atoms with van der Waals surface area (Å²) in [6, 6.07) is 0. The maximum atomic E-state index is 15.4. The van der Waals surface area contributed by atoms with Crippen LogP contribution in [0.5, 0.6) is 0 Å². The summed E-state index contributed by atoms with van der Waals surface area (Å²) in [7, 11) is 0. The van der Waals surface area contributed by atoms with Crippen LogP contribution in [0.3, 0.4) is 0 Å². The van der Waals surface area contributed by atoms with Crippen LogP contribution in [-0.2, 0) is 14.3 Å². The van der Waals surface area contributed by atoms with Crippen molar-refractivity contribution in [2.24, 2.45) is 5.92 Å². The highest BCUT2D eigenvalue weighted by Gasteiger charge is 2.34. The van der Waals surface area contributed by atoms with Crippen LogP contribution in [0.15, 0.2) is 0 Å². The molecular formula is C19H36FNO3. The summed E-state index contributed by atoms with van der Waals surface area (Å²) in [6.07, 6.45) is 3.00.